The number of amides is 1. The van der Waals surface area contributed by atoms with Gasteiger partial charge in [0.1, 0.15) is 5.60 Å². The fourth-order valence-electron chi connectivity index (χ4n) is 1.90. The summed E-state index contributed by atoms with van der Waals surface area (Å²) in [5, 5.41) is 13.3. The van der Waals surface area contributed by atoms with Crippen LogP contribution in [0.25, 0.3) is 0 Å². The van der Waals surface area contributed by atoms with Gasteiger partial charge in [0, 0.05) is 45.6 Å². The number of nitrogens with zero attached hydrogens (tertiary/aromatic N) is 3. The summed E-state index contributed by atoms with van der Waals surface area (Å²) >= 11 is 0. The molecule has 1 amide bonds. The average Bonchev–Trinajstić information content (AvgIpc) is 3.00. The summed E-state index contributed by atoms with van der Waals surface area (Å²) in [7, 11) is 1.74. The highest BCUT2D eigenvalue weighted by Crippen LogP contribution is 2.06. The SMILES string of the molecule is CN=C(NCCCNC(=O)OC(C)(C)C)NCCCn1cccn1. The Kier molecular flexibility index (Phi) is 8.67. The van der Waals surface area contributed by atoms with Gasteiger partial charge in [0.2, 0.25) is 0 Å². The fraction of sp³-hybridized carbons (Fsp3) is 0.688. The number of guanidine groups is 1. The maximum Gasteiger partial charge on any atom is 0.407 e. The Morgan fingerprint density at radius 2 is 1.83 bits per heavy atom. The van der Waals surface area contributed by atoms with Crippen LogP contribution in [-0.2, 0) is 11.3 Å². The van der Waals surface area contributed by atoms with Crippen LogP contribution in [0.4, 0.5) is 4.79 Å². The monoisotopic (exact) mass is 338 g/mol. The lowest BCUT2D eigenvalue weighted by molar-refractivity contribution is 0.0527. The van der Waals surface area contributed by atoms with Gasteiger partial charge in [-0.3, -0.25) is 9.67 Å². The lowest BCUT2D eigenvalue weighted by Gasteiger charge is -2.19. The van der Waals surface area contributed by atoms with Crippen molar-refractivity contribution in [2.75, 3.05) is 26.7 Å². The third-order valence-corrected chi connectivity index (χ3v) is 2.95. The summed E-state index contributed by atoms with van der Waals surface area (Å²) in [5.74, 6) is 0.757. The van der Waals surface area contributed by atoms with Crippen LogP contribution in [0.2, 0.25) is 0 Å². The van der Waals surface area contributed by atoms with Crippen LogP contribution in [-0.4, -0.2) is 54.1 Å². The molecule has 0 fully saturated rings. The van der Waals surface area contributed by atoms with Gasteiger partial charge in [-0.05, 0) is 39.7 Å². The zero-order chi connectivity index (χ0) is 17.8. The number of rotatable bonds is 8. The molecule has 1 aromatic heterocycles. The number of aryl methyl sites for hydroxylation is 1. The topological polar surface area (TPSA) is 92.6 Å². The van der Waals surface area contributed by atoms with Crippen LogP contribution < -0.4 is 16.0 Å². The number of hydrogen-bond acceptors (Lipinski definition) is 4. The van der Waals surface area contributed by atoms with Crippen LogP contribution >= 0.6 is 0 Å². The van der Waals surface area contributed by atoms with Gasteiger partial charge in [0.15, 0.2) is 5.96 Å². The first-order valence-electron chi connectivity index (χ1n) is 8.29. The highest BCUT2D eigenvalue weighted by Gasteiger charge is 2.15. The molecule has 1 heterocycles. The highest BCUT2D eigenvalue weighted by atomic mass is 16.6. The van der Waals surface area contributed by atoms with Crippen molar-refractivity contribution in [3.8, 4) is 0 Å². The van der Waals surface area contributed by atoms with Crippen molar-refractivity contribution in [1.82, 2.24) is 25.7 Å². The van der Waals surface area contributed by atoms with E-state index in [1.54, 1.807) is 13.2 Å². The molecule has 0 saturated carbocycles. The quantitative estimate of drug-likeness (QED) is 0.378. The van der Waals surface area contributed by atoms with Gasteiger partial charge in [-0.15, -0.1) is 0 Å². The second kappa shape index (κ2) is 10.5. The molecule has 8 nitrogen and oxygen atoms in total. The first-order valence-corrected chi connectivity index (χ1v) is 8.29. The molecule has 0 radical (unpaired) electrons. The Bertz CT molecular complexity index is 493. The number of hydrogen-bond donors (Lipinski definition) is 3. The van der Waals surface area contributed by atoms with Crippen molar-refractivity contribution in [2.45, 2.75) is 45.8 Å². The van der Waals surface area contributed by atoms with Crippen LogP contribution in [0.5, 0.6) is 0 Å². The molecule has 0 bridgehead atoms. The largest absolute Gasteiger partial charge is 0.444 e. The van der Waals surface area contributed by atoms with Gasteiger partial charge in [-0.2, -0.15) is 5.10 Å². The highest BCUT2D eigenvalue weighted by molar-refractivity contribution is 5.79. The number of aromatic nitrogens is 2. The molecular weight excluding hydrogens is 308 g/mol. The maximum absolute atomic E-state index is 11.5. The molecule has 0 aliphatic heterocycles. The lowest BCUT2D eigenvalue weighted by atomic mass is 10.2. The Labute approximate surface area is 144 Å². The average molecular weight is 338 g/mol. The summed E-state index contributed by atoms with van der Waals surface area (Å²) in [6.45, 7) is 8.49. The van der Waals surface area contributed by atoms with E-state index in [0.29, 0.717) is 13.1 Å². The minimum absolute atomic E-state index is 0.386. The van der Waals surface area contributed by atoms with Crippen LogP contribution in [0.1, 0.15) is 33.6 Å². The summed E-state index contributed by atoms with van der Waals surface area (Å²) in [5.41, 5.74) is -0.468. The van der Waals surface area contributed by atoms with Gasteiger partial charge in [0.05, 0.1) is 0 Å². The summed E-state index contributed by atoms with van der Waals surface area (Å²) in [6.07, 6.45) is 5.09. The summed E-state index contributed by atoms with van der Waals surface area (Å²) in [6, 6.07) is 1.92. The normalized spacial score (nSPS) is 11.9. The van der Waals surface area contributed by atoms with E-state index in [4.69, 9.17) is 4.74 Å². The molecule has 1 rings (SSSR count). The van der Waals surface area contributed by atoms with E-state index >= 15 is 0 Å². The Morgan fingerprint density at radius 3 is 2.42 bits per heavy atom. The third kappa shape index (κ3) is 9.70. The standard InChI is InChI=1S/C16H30N6O2/c1-16(2,3)24-15(23)20-9-5-8-18-14(17-4)19-10-6-12-22-13-7-11-21-22/h7,11,13H,5-6,8-10,12H2,1-4H3,(H,20,23)(H2,17,18,19). The van der Waals surface area contributed by atoms with E-state index in [1.165, 1.54) is 0 Å². The molecule has 3 N–H and O–H groups in total. The lowest BCUT2D eigenvalue weighted by Crippen LogP contribution is -2.39. The van der Waals surface area contributed by atoms with Gasteiger partial charge >= 0.3 is 6.09 Å². The molecule has 136 valence electrons. The molecule has 24 heavy (non-hydrogen) atoms. The van der Waals surface area contributed by atoms with Crippen molar-refractivity contribution < 1.29 is 9.53 Å². The number of carbonyl (C=O) groups is 1. The zero-order valence-corrected chi connectivity index (χ0v) is 15.1. The summed E-state index contributed by atoms with van der Waals surface area (Å²) in [4.78, 5) is 15.7. The van der Waals surface area contributed by atoms with Gasteiger partial charge in [0.25, 0.3) is 0 Å². The van der Waals surface area contributed by atoms with E-state index in [2.05, 4.69) is 26.0 Å². The molecule has 0 atom stereocenters. The molecule has 8 heteroatoms. The number of carbonyl (C=O) groups excluding carboxylic acids is 1. The van der Waals surface area contributed by atoms with E-state index in [9.17, 15) is 4.79 Å². The van der Waals surface area contributed by atoms with Gasteiger partial charge in [-0.1, -0.05) is 0 Å². The molecule has 1 aromatic rings. The van der Waals surface area contributed by atoms with Crippen molar-refractivity contribution in [1.29, 1.82) is 0 Å². The molecule has 0 unspecified atom stereocenters. The van der Waals surface area contributed by atoms with Gasteiger partial charge < -0.3 is 20.7 Å². The number of nitrogens with one attached hydrogen (secondary N) is 3. The fourth-order valence-corrected chi connectivity index (χ4v) is 1.90. The van der Waals surface area contributed by atoms with Crippen molar-refractivity contribution >= 4 is 12.1 Å². The van der Waals surface area contributed by atoms with E-state index in [0.717, 1.165) is 31.9 Å². The maximum atomic E-state index is 11.5. The third-order valence-electron chi connectivity index (χ3n) is 2.95. The second-order valence-corrected chi connectivity index (χ2v) is 6.33. The minimum Gasteiger partial charge on any atom is -0.444 e. The molecule has 0 aliphatic carbocycles. The summed E-state index contributed by atoms with van der Waals surface area (Å²) < 4.78 is 7.07. The van der Waals surface area contributed by atoms with Crippen LogP contribution in [0, 0.1) is 0 Å². The molecule has 0 aromatic carbocycles. The van der Waals surface area contributed by atoms with E-state index in [1.807, 2.05) is 37.7 Å². The molecule has 0 aliphatic rings. The van der Waals surface area contributed by atoms with Crippen molar-refractivity contribution in [2.24, 2.45) is 4.99 Å². The number of aliphatic imine (C=N–C) groups is 1. The molecule has 0 saturated heterocycles. The zero-order valence-electron chi connectivity index (χ0n) is 15.1. The number of ether oxygens (including phenoxy) is 1. The van der Waals surface area contributed by atoms with E-state index < -0.39 is 5.60 Å². The van der Waals surface area contributed by atoms with Gasteiger partial charge in [-0.25, -0.2) is 4.79 Å². The first-order chi connectivity index (χ1) is 11.4. The van der Waals surface area contributed by atoms with Crippen molar-refractivity contribution in [3.05, 3.63) is 18.5 Å². The van der Waals surface area contributed by atoms with Crippen molar-refractivity contribution in [3.63, 3.8) is 0 Å². The number of alkyl carbamates (subject to hydrolysis) is 1. The molecule has 0 spiro atoms. The smallest absolute Gasteiger partial charge is 0.407 e. The second-order valence-electron chi connectivity index (χ2n) is 6.33. The first kappa shape index (κ1) is 19.8. The Morgan fingerprint density at radius 1 is 1.17 bits per heavy atom. The van der Waals surface area contributed by atoms with Crippen LogP contribution in [0.3, 0.4) is 0 Å². The van der Waals surface area contributed by atoms with E-state index in [-0.39, 0.29) is 6.09 Å². The predicted molar refractivity (Wildman–Crippen MR) is 95.1 cm³/mol. The molecular formula is C16H30N6O2. The minimum atomic E-state index is -0.468. The Balaban J connectivity index is 2.04. The van der Waals surface area contributed by atoms with Crippen LogP contribution in [0.15, 0.2) is 23.5 Å². The predicted octanol–water partition coefficient (Wildman–Crippen LogP) is 1.35. The Hall–Kier alpha value is -2.25.